The van der Waals surface area contributed by atoms with E-state index in [4.69, 9.17) is 16.3 Å². The van der Waals surface area contributed by atoms with Crippen LogP contribution in [-0.2, 0) is 4.79 Å². The van der Waals surface area contributed by atoms with E-state index in [-0.39, 0.29) is 12.5 Å². The van der Waals surface area contributed by atoms with Crippen LogP contribution in [0.3, 0.4) is 0 Å². The zero-order valence-corrected chi connectivity index (χ0v) is 10.9. The third-order valence-corrected chi connectivity index (χ3v) is 2.35. The molecule has 1 rings (SSSR count). The molecule has 0 aromatic heterocycles. The number of ether oxygens (including phenoxy) is 1. The van der Waals surface area contributed by atoms with Crippen molar-refractivity contribution in [2.24, 2.45) is 0 Å². The molecule has 94 valence electrons. The average Bonchev–Trinajstić information content (AvgIpc) is 2.26. The Bertz CT molecular complexity index is 369. The van der Waals surface area contributed by atoms with Crippen molar-refractivity contribution >= 4 is 17.5 Å². The fraction of sp³-hybridized carbons (Fsp3) is 0.417. The number of rotatable bonds is 6. The van der Waals surface area contributed by atoms with Gasteiger partial charge >= 0.3 is 0 Å². The lowest BCUT2D eigenvalue weighted by Crippen LogP contribution is -3.06. The molecular formula is C12H18ClN2O2+. The van der Waals surface area contributed by atoms with Crippen LogP contribution in [-0.4, -0.2) is 39.7 Å². The first-order valence-corrected chi connectivity index (χ1v) is 5.90. The van der Waals surface area contributed by atoms with E-state index < -0.39 is 0 Å². The molecular weight excluding hydrogens is 240 g/mol. The summed E-state index contributed by atoms with van der Waals surface area (Å²) in [5, 5.41) is 3.38. The van der Waals surface area contributed by atoms with E-state index in [1.807, 2.05) is 14.1 Å². The number of halogens is 1. The van der Waals surface area contributed by atoms with E-state index in [9.17, 15) is 4.79 Å². The highest BCUT2D eigenvalue weighted by Crippen LogP contribution is 2.16. The molecule has 0 atom stereocenters. The minimum atomic E-state index is -0.119. The van der Waals surface area contributed by atoms with E-state index in [0.717, 1.165) is 6.54 Å². The molecule has 1 aromatic rings. The number of likely N-dealkylation sites (N-methyl/N-ethyl adjacent to an activating group) is 1. The third kappa shape index (κ3) is 6.14. The number of hydrogen-bond acceptors (Lipinski definition) is 2. The van der Waals surface area contributed by atoms with Crippen molar-refractivity contribution in [3.63, 3.8) is 0 Å². The van der Waals surface area contributed by atoms with Gasteiger partial charge in [0.1, 0.15) is 5.75 Å². The lowest BCUT2D eigenvalue weighted by molar-refractivity contribution is -0.856. The topological polar surface area (TPSA) is 42.8 Å². The molecule has 1 aromatic carbocycles. The first-order chi connectivity index (χ1) is 8.08. The van der Waals surface area contributed by atoms with E-state index in [1.54, 1.807) is 24.3 Å². The van der Waals surface area contributed by atoms with Gasteiger partial charge in [-0.3, -0.25) is 4.79 Å². The predicted molar refractivity (Wildman–Crippen MR) is 67.6 cm³/mol. The Hall–Kier alpha value is -1.26. The monoisotopic (exact) mass is 257 g/mol. The lowest BCUT2D eigenvalue weighted by Gasteiger charge is -2.09. The molecule has 0 unspecified atom stereocenters. The molecule has 0 radical (unpaired) electrons. The number of carbonyl (C=O) groups is 1. The van der Waals surface area contributed by atoms with Gasteiger partial charge in [0.25, 0.3) is 5.91 Å². The van der Waals surface area contributed by atoms with Gasteiger partial charge in [-0.15, -0.1) is 0 Å². The highest BCUT2D eigenvalue weighted by molar-refractivity contribution is 6.30. The SMILES string of the molecule is C[NH+](C)CCNC(=O)COc1cccc(Cl)c1. The maximum Gasteiger partial charge on any atom is 0.258 e. The fourth-order valence-corrected chi connectivity index (χ4v) is 1.39. The van der Waals surface area contributed by atoms with Crippen LogP contribution in [0, 0.1) is 0 Å². The largest absolute Gasteiger partial charge is 0.484 e. The van der Waals surface area contributed by atoms with Crippen molar-refractivity contribution in [3.8, 4) is 5.75 Å². The number of amides is 1. The standard InChI is InChI=1S/C12H17ClN2O2/c1-15(2)7-6-14-12(16)9-17-11-5-3-4-10(13)8-11/h3-5,8H,6-7,9H2,1-2H3,(H,14,16)/p+1. The molecule has 0 fully saturated rings. The molecule has 0 saturated carbocycles. The third-order valence-electron chi connectivity index (χ3n) is 2.11. The average molecular weight is 258 g/mol. The second kappa shape index (κ2) is 7.14. The van der Waals surface area contributed by atoms with Crippen molar-refractivity contribution < 1.29 is 14.4 Å². The maximum absolute atomic E-state index is 11.4. The van der Waals surface area contributed by atoms with Crippen LogP contribution in [0.2, 0.25) is 5.02 Å². The van der Waals surface area contributed by atoms with Gasteiger partial charge in [-0.05, 0) is 18.2 Å². The molecule has 0 aliphatic heterocycles. The van der Waals surface area contributed by atoms with Gasteiger partial charge in [-0.1, -0.05) is 17.7 Å². The fourth-order valence-electron chi connectivity index (χ4n) is 1.21. The molecule has 4 nitrogen and oxygen atoms in total. The highest BCUT2D eigenvalue weighted by Gasteiger charge is 2.03. The highest BCUT2D eigenvalue weighted by atomic mass is 35.5. The van der Waals surface area contributed by atoms with E-state index in [2.05, 4.69) is 5.32 Å². The summed E-state index contributed by atoms with van der Waals surface area (Å²) in [7, 11) is 4.07. The first kappa shape index (κ1) is 13.8. The first-order valence-electron chi connectivity index (χ1n) is 5.52. The molecule has 17 heavy (non-hydrogen) atoms. The van der Waals surface area contributed by atoms with Gasteiger partial charge in [0.15, 0.2) is 6.61 Å². The summed E-state index contributed by atoms with van der Waals surface area (Å²) in [5.74, 6) is 0.483. The number of benzene rings is 1. The van der Waals surface area contributed by atoms with Crippen LogP contribution in [0.25, 0.3) is 0 Å². The molecule has 2 N–H and O–H groups in total. The molecule has 0 aliphatic rings. The summed E-state index contributed by atoms with van der Waals surface area (Å²) in [6.07, 6.45) is 0. The molecule has 5 heteroatoms. The zero-order valence-electron chi connectivity index (χ0n) is 10.1. The van der Waals surface area contributed by atoms with Crippen molar-refractivity contribution in [3.05, 3.63) is 29.3 Å². The van der Waals surface area contributed by atoms with Crippen LogP contribution in [0.1, 0.15) is 0 Å². The summed E-state index contributed by atoms with van der Waals surface area (Å²) in [6.45, 7) is 1.56. The van der Waals surface area contributed by atoms with Crippen molar-refractivity contribution in [1.29, 1.82) is 0 Å². The Balaban J connectivity index is 2.24. The van der Waals surface area contributed by atoms with E-state index >= 15 is 0 Å². The quantitative estimate of drug-likeness (QED) is 0.752. The number of carbonyl (C=O) groups excluding carboxylic acids is 1. The normalized spacial score (nSPS) is 10.4. The zero-order chi connectivity index (χ0) is 12.7. The Morgan fingerprint density at radius 1 is 1.47 bits per heavy atom. The van der Waals surface area contributed by atoms with Gasteiger partial charge in [-0.2, -0.15) is 0 Å². The van der Waals surface area contributed by atoms with Gasteiger partial charge < -0.3 is 15.0 Å². The summed E-state index contributed by atoms with van der Waals surface area (Å²) >= 11 is 5.80. The molecule has 0 aliphatic carbocycles. The summed E-state index contributed by atoms with van der Waals surface area (Å²) in [4.78, 5) is 12.7. The molecule has 0 spiro atoms. The molecule has 0 bridgehead atoms. The van der Waals surface area contributed by atoms with Crippen LogP contribution in [0.15, 0.2) is 24.3 Å². The Labute approximate surface area is 107 Å². The summed E-state index contributed by atoms with van der Waals surface area (Å²) in [6, 6.07) is 6.99. The van der Waals surface area contributed by atoms with Gasteiger partial charge in [0.05, 0.1) is 27.2 Å². The second-order valence-electron chi connectivity index (χ2n) is 4.05. The van der Waals surface area contributed by atoms with Crippen molar-refractivity contribution in [1.82, 2.24) is 5.32 Å². The number of hydrogen-bond donors (Lipinski definition) is 2. The van der Waals surface area contributed by atoms with Gasteiger partial charge in [0, 0.05) is 5.02 Å². The Kier molecular flexibility index (Phi) is 5.80. The number of nitrogens with one attached hydrogen (secondary N) is 2. The van der Waals surface area contributed by atoms with Crippen LogP contribution < -0.4 is 15.0 Å². The maximum atomic E-state index is 11.4. The van der Waals surface area contributed by atoms with Gasteiger partial charge in [0.2, 0.25) is 0 Å². The minimum Gasteiger partial charge on any atom is -0.484 e. The van der Waals surface area contributed by atoms with E-state index in [0.29, 0.717) is 17.3 Å². The minimum absolute atomic E-state index is 0.0170. The van der Waals surface area contributed by atoms with E-state index in [1.165, 1.54) is 4.90 Å². The van der Waals surface area contributed by atoms with Crippen molar-refractivity contribution in [2.75, 3.05) is 33.8 Å². The molecule has 1 amide bonds. The summed E-state index contributed by atoms with van der Waals surface area (Å²) < 4.78 is 5.30. The predicted octanol–water partition coefficient (Wildman–Crippen LogP) is -0.0205. The Morgan fingerprint density at radius 2 is 2.24 bits per heavy atom. The lowest BCUT2D eigenvalue weighted by atomic mass is 10.3. The van der Waals surface area contributed by atoms with Crippen LogP contribution >= 0.6 is 11.6 Å². The number of quaternary nitrogens is 1. The second-order valence-corrected chi connectivity index (χ2v) is 4.49. The van der Waals surface area contributed by atoms with Crippen LogP contribution in [0.4, 0.5) is 0 Å². The molecule has 0 heterocycles. The smallest absolute Gasteiger partial charge is 0.258 e. The van der Waals surface area contributed by atoms with Crippen molar-refractivity contribution in [2.45, 2.75) is 0 Å². The van der Waals surface area contributed by atoms with Crippen LogP contribution in [0.5, 0.6) is 5.75 Å². The molecule has 0 saturated heterocycles. The summed E-state index contributed by atoms with van der Waals surface area (Å²) in [5.41, 5.74) is 0. The van der Waals surface area contributed by atoms with Gasteiger partial charge in [-0.25, -0.2) is 0 Å². The Morgan fingerprint density at radius 3 is 2.88 bits per heavy atom.